The van der Waals surface area contributed by atoms with Gasteiger partial charge in [0.05, 0.1) is 16.4 Å². The summed E-state index contributed by atoms with van der Waals surface area (Å²) in [5.74, 6) is -0.652. The Morgan fingerprint density at radius 2 is 1.68 bits per heavy atom. The zero-order valence-electron chi connectivity index (χ0n) is 16.3. The zero-order chi connectivity index (χ0) is 21.2. The molecule has 1 heterocycles. The number of hydrazone groups is 1. The van der Waals surface area contributed by atoms with Gasteiger partial charge in [-0.25, -0.2) is 9.37 Å². The Balaban J connectivity index is 1.59. The first-order valence-electron chi connectivity index (χ1n) is 9.66. The second kappa shape index (κ2) is 8.08. The minimum atomic E-state index is -0.345. The van der Waals surface area contributed by atoms with Crippen LogP contribution in [-0.4, -0.2) is 17.1 Å². The van der Waals surface area contributed by atoms with Crippen molar-refractivity contribution in [3.05, 3.63) is 108 Å². The van der Waals surface area contributed by atoms with Crippen LogP contribution < -0.4 is 5.01 Å². The molecule has 6 heteroatoms. The van der Waals surface area contributed by atoms with E-state index in [-0.39, 0.29) is 11.7 Å². The van der Waals surface area contributed by atoms with Crippen LogP contribution in [0.1, 0.15) is 15.9 Å². The number of rotatable bonds is 4. The van der Waals surface area contributed by atoms with E-state index in [1.54, 1.807) is 18.3 Å². The van der Waals surface area contributed by atoms with Crippen LogP contribution in [0.25, 0.3) is 21.0 Å². The molecule has 0 fully saturated rings. The van der Waals surface area contributed by atoms with Gasteiger partial charge in [-0.05, 0) is 46.7 Å². The normalized spacial score (nSPS) is 11.4. The number of carbonyl (C=O) groups is 1. The third-order valence-electron chi connectivity index (χ3n) is 4.83. The number of hydrogen-bond donors (Lipinski definition) is 0. The lowest BCUT2D eigenvalue weighted by molar-refractivity contribution is 0.0988. The molecule has 5 rings (SSSR count). The van der Waals surface area contributed by atoms with E-state index >= 15 is 0 Å². The summed E-state index contributed by atoms with van der Waals surface area (Å²) in [5.41, 5.74) is 1.97. The minimum absolute atomic E-state index is 0.308. The summed E-state index contributed by atoms with van der Waals surface area (Å²) in [7, 11) is 0. The summed E-state index contributed by atoms with van der Waals surface area (Å²) in [6.45, 7) is 0. The maximum Gasteiger partial charge on any atom is 0.280 e. The number of thiazole rings is 1. The molecule has 4 nitrogen and oxygen atoms in total. The lowest BCUT2D eigenvalue weighted by Crippen LogP contribution is -2.25. The summed E-state index contributed by atoms with van der Waals surface area (Å²) in [5, 5.41) is 8.12. The second-order valence-corrected chi connectivity index (χ2v) is 7.95. The highest BCUT2D eigenvalue weighted by atomic mass is 32.1. The molecule has 0 unspecified atom stereocenters. The highest BCUT2D eigenvalue weighted by Crippen LogP contribution is 2.31. The molecule has 0 bridgehead atoms. The highest BCUT2D eigenvalue weighted by molar-refractivity contribution is 7.22. The molecule has 1 amide bonds. The number of fused-ring (bicyclic) bond motifs is 2. The van der Waals surface area contributed by atoms with Crippen molar-refractivity contribution in [2.24, 2.45) is 5.10 Å². The van der Waals surface area contributed by atoms with E-state index in [0.29, 0.717) is 20.9 Å². The number of nitrogens with zero attached hydrogens (tertiary/aromatic N) is 3. The summed E-state index contributed by atoms with van der Waals surface area (Å²) < 4.78 is 14.3. The summed E-state index contributed by atoms with van der Waals surface area (Å²) in [6, 6.07) is 27.3. The van der Waals surface area contributed by atoms with Gasteiger partial charge in [-0.3, -0.25) is 4.79 Å². The molecule has 5 aromatic rings. The van der Waals surface area contributed by atoms with E-state index in [1.807, 2.05) is 66.7 Å². The maximum absolute atomic E-state index is 13.7. The van der Waals surface area contributed by atoms with Gasteiger partial charge in [0, 0.05) is 5.56 Å². The van der Waals surface area contributed by atoms with Crippen LogP contribution in [0.2, 0.25) is 0 Å². The smallest absolute Gasteiger partial charge is 0.267 e. The summed E-state index contributed by atoms with van der Waals surface area (Å²) in [6.07, 6.45) is 1.62. The number of halogens is 1. The molecule has 1 aromatic heterocycles. The number of anilines is 1. The topological polar surface area (TPSA) is 45.6 Å². The average molecular weight is 425 g/mol. The molecule has 4 aromatic carbocycles. The Labute approximate surface area is 181 Å². The van der Waals surface area contributed by atoms with E-state index < -0.39 is 0 Å². The number of benzene rings is 4. The van der Waals surface area contributed by atoms with Gasteiger partial charge in [0.2, 0.25) is 5.13 Å². The fraction of sp³-hybridized carbons (Fsp3) is 0. The standard InChI is InChI=1S/C25H16FN3OS/c26-21-12-13-22-23(15-21)31-25(28-22)29(27-16-17-6-2-1-3-7-17)24(30)20-11-10-18-8-4-5-9-19(18)14-20/h1-16H/b27-16+. The number of carbonyl (C=O) groups excluding carboxylic acids is 1. The molecule has 0 spiro atoms. The fourth-order valence-electron chi connectivity index (χ4n) is 3.27. The van der Waals surface area contributed by atoms with E-state index in [9.17, 15) is 9.18 Å². The van der Waals surface area contributed by atoms with Gasteiger partial charge in [0.15, 0.2) is 0 Å². The largest absolute Gasteiger partial charge is 0.280 e. The molecule has 0 saturated heterocycles. The molecular weight excluding hydrogens is 409 g/mol. The van der Waals surface area contributed by atoms with Crippen LogP contribution in [0.4, 0.5) is 9.52 Å². The molecule has 0 aliphatic rings. The molecule has 0 saturated carbocycles. The SMILES string of the molecule is O=C(c1ccc2ccccc2c1)N(/N=C/c1ccccc1)c1nc2ccc(F)cc2s1. The van der Waals surface area contributed by atoms with Crippen molar-refractivity contribution in [3.63, 3.8) is 0 Å². The molecule has 0 N–H and O–H groups in total. The van der Waals surface area contributed by atoms with E-state index in [2.05, 4.69) is 10.1 Å². The molecule has 0 aliphatic carbocycles. The number of amides is 1. The zero-order valence-corrected chi connectivity index (χ0v) is 17.1. The minimum Gasteiger partial charge on any atom is -0.267 e. The summed E-state index contributed by atoms with van der Waals surface area (Å²) in [4.78, 5) is 18.0. The lowest BCUT2D eigenvalue weighted by Gasteiger charge is -2.14. The first kappa shape index (κ1) is 19.1. The van der Waals surface area contributed by atoms with Crippen molar-refractivity contribution in [2.75, 3.05) is 5.01 Å². The number of aromatic nitrogens is 1. The third-order valence-corrected chi connectivity index (χ3v) is 5.82. The Morgan fingerprint density at radius 3 is 2.52 bits per heavy atom. The fourth-order valence-corrected chi connectivity index (χ4v) is 4.22. The Bertz CT molecular complexity index is 1430. The first-order chi connectivity index (χ1) is 15.2. The Morgan fingerprint density at radius 1 is 0.903 bits per heavy atom. The monoisotopic (exact) mass is 425 g/mol. The van der Waals surface area contributed by atoms with Crippen molar-refractivity contribution in [1.29, 1.82) is 0 Å². The van der Waals surface area contributed by atoms with Gasteiger partial charge >= 0.3 is 0 Å². The van der Waals surface area contributed by atoms with Crippen LogP contribution in [0.5, 0.6) is 0 Å². The van der Waals surface area contributed by atoms with Gasteiger partial charge < -0.3 is 0 Å². The number of hydrogen-bond acceptors (Lipinski definition) is 4. The van der Waals surface area contributed by atoms with Crippen molar-refractivity contribution in [1.82, 2.24) is 4.98 Å². The third kappa shape index (κ3) is 3.93. The molecule has 31 heavy (non-hydrogen) atoms. The quantitative estimate of drug-likeness (QED) is 0.252. The predicted octanol–water partition coefficient (Wildman–Crippen LogP) is 6.27. The van der Waals surface area contributed by atoms with Crippen molar-refractivity contribution in [3.8, 4) is 0 Å². The van der Waals surface area contributed by atoms with Crippen molar-refractivity contribution < 1.29 is 9.18 Å². The van der Waals surface area contributed by atoms with E-state index in [4.69, 9.17) is 0 Å². The Hall–Kier alpha value is -3.90. The molecule has 0 radical (unpaired) electrons. The van der Waals surface area contributed by atoms with Gasteiger partial charge in [0.1, 0.15) is 5.82 Å². The average Bonchev–Trinajstić information content (AvgIpc) is 3.22. The summed E-state index contributed by atoms with van der Waals surface area (Å²) >= 11 is 1.22. The lowest BCUT2D eigenvalue weighted by atomic mass is 10.1. The highest BCUT2D eigenvalue weighted by Gasteiger charge is 2.21. The van der Waals surface area contributed by atoms with Gasteiger partial charge in [-0.2, -0.15) is 10.1 Å². The van der Waals surface area contributed by atoms with Crippen LogP contribution in [-0.2, 0) is 0 Å². The Kier molecular flexibility index (Phi) is 4.98. The molecule has 0 aliphatic heterocycles. The van der Waals surface area contributed by atoms with Gasteiger partial charge in [-0.15, -0.1) is 0 Å². The van der Waals surface area contributed by atoms with Crippen molar-refractivity contribution >= 4 is 49.6 Å². The van der Waals surface area contributed by atoms with Gasteiger partial charge in [0.25, 0.3) is 5.91 Å². The molecular formula is C25H16FN3OS. The predicted molar refractivity (Wildman–Crippen MR) is 124 cm³/mol. The van der Waals surface area contributed by atoms with Crippen LogP contribution in [0.15, 0.2) is 96.1 Å². The van der Waals surface area contributed by atoms with Crippen molar-refractivity contribution in [2.45, 2.75) is 0 Å². The van der Waals surface area contributed by atoms with Crippen LogP contribution in [0.3, 0.4) is 0 Å². The second-order valence-electron chi connectivity index (χ2n) is 6.94. The van der Waals surface area contributed by atoms with Gasteiger partial charge in [-0.1, -0.05) is 72.0 Å². The maximum atomic E-state index is 13.7. The van der Waals surface area contributed by atoms with Crippen LogP contribution in [0, 0.1) is 5.82 Å². The van der Waals surface area contributed by atoms with E-state index in [1.165, 1.54) is 28.5 Å². The first-order valence-corrected chi connectivity index (χ1v) is 10.5. The molecule has 150 valence electrons. The van der Waals surface area contributed by atoms with Crippen LogP contribution >= 0.6 is 11.3 Å². The van der Waals surface area contributed by atoms with E-state index in [0.717, 1.165) is 16.3 Å². The molecule has 0 atom stereocenters.